The average molecular weight is 266 g/mol. The Morgan fingerprint density at radius 2 is 1.50 bits per heavy atom. The molecule has 0 heterocycles. The van der Waals surface area contributed by atoms with Crippen molar-refractivity contribution in [3.8, 4) is 0 Å². The van der Waals surface area contributed by atoms with Crippen molar-refractivity contribution >= 4 is 0 Å². The Morgan fingerprint density at radius 1 is 0.850 bits per heavy atom. The van der Waals surface area contributed by atoms with E-state index in [1.54, 1.807) is 49.7 Å². The first-order valence-electron chi connectivity index (χ1n) is 8.90. The van der Waals surface area contributed by atoms with Gasteiger partial charge in [-0.25, -0.2) is 0 Å². The summed E-state index contributed by atoms with van der Waals surface area (Å²) in [6, 6.07) is 9.41. The third-order valence-electron chi connectivity index (χ3n) is 7.19. The molecule has 1 atom stereocenters. The fourth-order valence-electron chi connectivity index (χ4n) is 6.99. The molecule has 5 aliphatic rings. The highest BCUT2D eigenvalue weighted by atomic mass is 14.6. The van der Waals surface area contributed by atoms with E-state index in [2.05, 4.69) is 24.3 Å². The molecule has 0 nitrogen and oxygen atoms in total. The van der Waals surface area contributed by atoms with E-state index in [9.17, 15) is 0 Å². The highest BCUT2D eigenvalue weighted by Crippen LogP contribution is 2.66. The minimum absolute atomic E-state index is 0.714. The summed E-state index contributed by atoms with van der Waals surface area (Å²) in [5.41, 5.74) is 4.14. The maximum atomic E-state index is 2.47. The summed E-state index contributed by atoms with van der Waals surface area (Å²) in [7, 11) is 0. The molecule has 0 N–H and O–H groups in total. The van der Waals surface area contributed by atoms with Crippen LogP contribution in [0, 0.1) is 23.2 Å². The van der Waals surface area contributed by atoms with Crippen molar-refractivity contribution in [2.75, 3.05) is 0 Å². The summed E-state index contributed by atoms with van der Waals surface area (Å²) in [5, 5.41) is 0. The van der Waals surface area contributed by atoms with Gasteiger partial charge in [-0.3, -0.25) is 0 Å². The van der Waals surface area contributed by atoms with Crippen LogP contribution in [0.5, 0.6) is 0 Å². The fourth-order valence-corrected chi connectivity index (χ4v) is 6.99. The molecule has 4 fully saturated rings. The van der Waals surface area contributed by atoms with Gasteiger partial charge in [0.2, 0.25) is 0 Å². The molecule has 0 aliphatic heterocycles. The lowest BCUT2D eigenvalue weighted by atomic mass is 9.45. The molecular weight excluding hydrogens is 240 g/mol. The summed E-state index contributed by atoms with van der Waals surface area (Å²) in [6.45, 7) is 0. The first kappa shape index (κ1) is 11.8. The zero-order valence-corrected chi connectivity index (χ0v) is 12.5. The van der Waals surface area contributed by atoms with Crippen molar-refractivity contribution in [3.05, 3.63) is 35.4 Å². The van der Waals surface area contributed by atoms with Crippen LogP contribution in [0.1, 0.15) is 68.4 Å². The van der Waals surface area contributed by atoms with Crippen molar-refractivity contribution in [3.63, 3.8) is 0 Å². The number of benzene rings is 1. The smallest absolute Gasteiger partial charge is 0.0102 e. The van der Waals surface area contributed by atoms with Gasteiger partial charge in [-0.05, 0) is 98.0 Å². The summed E-state index contributed by atoms with van der Waals surface area (Å²) >= 11 is 0. The SMILES string of the molecule is c1ccc2c(c1)CCCC2C12CC3CC(CC(C3)C1)C2. The van der Waals surface area contributed by atoms with Crippen molar-refractivity contribution in [1.82, 2.24) is 0 Å². The van der Waals surface area contributed by atoms with E-state index < -0.39 is 0 Å². The Balaban J connectivity index is 1.57. The third kappa shape index (κ3) is 1.60. The van der Waals surface area contributed by atoms with Gasteiger partial charge in [0.05, 0.1) is 0 Å². The number of rotatable bonds is 1. The van der Waals surface area contributed by atoms with Crippen LogP contribution in [0.15, 0.2) is 24.3 Å². The van der Waals surface area contributed by atoms with Gasteiger partial charge in [0.15, 0.2) is 0 Å². The largest absolute Gasteiger partial charge is 0.0620 e. The highest BCUT2D eigenvalue weighted by Gasteiger charge is 2.54. The topological polar surface area (TPSA) is 0 Å². The van der Waals surface area contributed by atoms with E-state index in [1.807, 2.05) is 0 Å². The fraction of sp³-hybridized carbons (Fsp3) is 0.700. The minimum atomic E-state index is 0.714. The van der Waals surface area contributed by atoms with Crippen molar-refractivity contribution in [1.29, 1.82) is 0 Å². The van der Waals surface area contributed by atoms with Gasteiger partial charge in [0.25, 0.3) is 0 Å². The van der Waals surface area contributed by atoms with Gasteiger partial charge < -0.3 is 0 Å². The zero-order chi connectivity index (χ0) is 13.2. The van der Waals surface area contributed by atoms with Crippen LogP contribution >= 0.6 is 0 Å². The van der Waals surface area contributed by atoms with Crippen LogP contribution in [0.4, 0.5) is 0 Å². The number of aryl methyl sites for hydroxylation is 1. The molecule has 0 amide bonds. The number of fused-ring (bicyclic) bond motifs is 1. The molecule has 0 spiro atoms. The van der Waals surface area contributed by atoms with E-state index in [4.69, 9.17) is 0 Å². The second-order valence-corrected chi connectivity index (χ2v) is 8.42. The molecule has 1 aromatic rings. The zero-order valence-electron chi connectivity index (χ0n) is 12.5. The second-order valence-electron chi connectivity index (χ2n) is 8.42. The second kappa shape index (κ2) is 4.12. The van der Waals surface area contributed by atoms with Gasteiger partial charge in [-0.2, -0.15) is 0 Å². The molecule has 0 saturated heterocycles. The average Bonchev–Trinajstić information content (AvgIpc) is 2.45. The maximum Gasteiger partial charge on any atom is -0.0102 e. The number of hydrogen-bond acceptors (Lipinski definition) is 0. The van der Waals surface area contributed by atoms with Gasteiger partial charge in [0, 0.05) is 0 Å². The number of hydrogen-bond donors (Lipinski definition) is 0. The maximum absolute atomic E-state index is 2.47. The molecule has 5 aliphatic carbocycles. The Hall–Kier alpha value is -0.780. The summed E-state index contributed by atoms with van der Waals surface area (Å²) < 4.78 is 0. The Bertz CT molecular complexity index is 491. The lowest BCUT2D eigenvalue weighted by molar-refractivity contribution is -0.0714. The van der Waals surface area contributed by atoms with E-state index in [1.165, 1.54) is 19.3 Å². The van der Waals surface area contributed by atoms with Crippen LogP contribution in [0.2, 0.25) is 0 Å². The summed E-state index contributed by atoms with van der Waals surface area (Å²) in [4.78, 5) is 0. The first-order chi connectivity index (χ1) is 9.82. The molecule has 1 aromatic carbocycles. The minimum Gasteiger partial charge on any atom is -0.0620 e. The Morgan fingerprint density at radius 3 is 2.20 bits per heavy atom. The van der Waals surface area contributed by atoms with Crippen LogP contribution in [-0.4, -0.2) is 0 Å². The third-order valence-corrected chi connectivity index (χ3v) is 7.19. The van der Waals surface area contributed by atoms with Gasteiger partial charge in [0.1, 0.15) is 0 Å². The molecule has 0 radical (unpaired) electrons. The molecule has 20 heavy (non-hydrogen) atoms. The normalized spacial score (nSPS) is 45.4. The Kier molecular flexibility index (Phi) is 2.44. The predicted octanol–water partition coefficient (Wildman–Crippen LogP) is 5.32. The van der Waals surface area contributed by atoms with Gasteiger partial charge >= 0.3 is 0 Å². The lowest BCUT2D eigenvalue weighted by Gasteiger charge is -2.60. The molecule has 0 aromatic heterocycles. The van der Waals surface area contributed by atoms with E-state index in [-0.39, 0.29) is 0 Å². The lowest BCUT2D eigenvalue weighted by Crippen LogP contribution is -2.49. The van der Waals surface area contributed by atoms with Crippen molar-refractivity contribution < 1.29 is 0 Å². The van der Waals surface area contributed by atoms with Crippen LogP contribution < -0.4 is 0 Å². The molecular formula is C20H26. The molecule has 4 saturated carbocycles. The quantitative estimate of drug-likeness (QED) is 0.645. The van der Waals surface area contributed by atoms with Gasteiger partial charge in [-0.15, -0.1) is 0 Å². The van der Waals surface area contributed by atoms with Crippen molar-refractivity contribution in [2.24, 2.45) is 23.2 Å². The van der Waals surface area contributed by atoms with Crippen LogP contribution in [0.25, 0.3) is 0 Å². The summed E-state index contributed by atoms with van der Waals surface area (Å²) in [6.07, 6.45) is 13.7. The highest BCUT2D eigenvalue weighted by molar-refractivity contribution is 5.35. The van der Waals surface area contributed by atoms with E-state index in [0.29, 0.717) is 5.41 Å². The first-order valence-corrected chi connectivity index (χ1v) is 8.90. The molecule has 6 rings (SSSR count). The molecule has 1 unspecified atom stereocenters. The predicted molar refractivity (Wildman–Crippen MR) is 82.7 cm³/mol. The van der Waals surface area contributed by atoms with Gasteiger partial charge in [-0.1, -0.05) is 24.3 Å². The Labute approximate surface area is 123 Å². The van der Waals surface area contributed by atoms with Crippen LogP contribution in [-0.2, 0) is 6.42 Å². The van der Waals surface area contributed by atoms with Crippen molar-refractivity contribution in [2.45, 2.75) is 63.7 Å². The van der Waals surface area contributed by atoms with E-state index >= 15 is 0 Å². The molecule has 4 bridgehead atoms. The monoisotopic (exact) mass is 266 g/mol. The molecule has 0 heteroatoms. The standard InChI is InChI=1S/C20H26/c1-2-6-18-17(4-1)5-3-7-19(18)20-11-14-8-15(12-20)10-16(9-14)13-20/h1-2,4,6,14-16,19H,3,5,7-13H2. The van der Waals surface area contributed by atoms with E-state index in [0.717, 1.165) is 23.7 Å². The summed E-state index contributed by atoms with van der Waals surface area (Å²) in [5.74, 6) is 4.18. The van der Waals surface area contributed by atoms with Crippen LogP contribution in [0.3, 0.4) is 0 Å². The molecule has 106 valence electrons.